The summed E-state index contributed by atoms with van der Waals surface area (Å²) in [7, 11) is 0. The Kier molecular flexibility index (Phi) is 6.31. The van der Waals surface area contributed by atoms with Crippen LogP contribution in [0.1, 0.15) is 26.5 Å². The number of halogens is 1. The molecule has 1 aromatic heterocycles. The number of nitrogens with one attached hydrogen (secondary N) is 2. The number of carbonyl (C=O) groups excluding carboxylic acids is 3. The van der Waals surface area contributed by atoms with E-state index in [9.17, 15) is 14.4 Å². The molecule has 1 aliphatic carbocycles. The van der Waals surface area contributed by atoms with Gasteiger partial charge in [-0.3, -0.25) is 20.4 Å². The second kappa shape index (κ2) is 8.88. The molecule has 27 heavy (non-hydrogen) atoms. The first kappa shape index (κ1) is 19.2. The zero-order valence-corrected chi connectivity index (χ0v) is 15.8. The van der Waals surface area contributed by atoms with Crippen LogP contribution in [0, 0.1) is 0 Å². The van der Waals surface area contributed by atoms with Crippen molar-refractivity contribution in [2.45, 2.75) is 19.3 Å². The first-order valence-corrected chi connectivity index (χ1v) is 9.45. The average Bonchev–Trinajstić information content (AvgIpc) is 3.26. The molecule has 7 nitrogen and oxygen atoms in total. The highest BCUT2D eigenvalue weighted by Crippen LogP contribution is 2.30. The Morgan fingerprint density at radius 3 is 2.44 bits per heavy atom. The van der Waals surface area contributed by atoms with Gasteiger partial charge in [-0.15, -0.1) is 11.3 Å². The smallest absolute Gasteiger partial charge is 0.348 e. The maximum atomic E-state index is 12.0. The molecule has 2 amide bonds. The number of rotatable bonds is 6. The summed E-state index contributed by atoms with van der Waals surface area (Å²) in [5.74, 6) is -1.27. The highest BCUT2D eigenvalue weighted by atomic mass is 35.5. The number of aryl methyl sites for hydroxylation is 2. The first-order chi connectivity index (χ1) is 13.0. The summed E-state index contributed by atoms with van der Waals surface area (Å²) in [6.07, 6.45) is 3.07. The molecule has 1 aromatic carbocycles. The third kappa shape index (κ3) is 5.45. The van der Waals surface area contributed by atoms with Gasteiger partial charge in [0.15, 0.2) is 13.2 Å². The Bertz CT molecular complexity index is 828. The van der Waals surface area contributed by atoms with Gasteiger partial charge in [-0.1, -0.05) is 11.6 Å². The lowest BCUT2D eigenvalue weighted by molar-refractivity contribution is -0.131. The molecule has 3 rings (SSSR count). The molecule has 0 unspecified atom stereocenters. The molecule has 1 heterocycles. The number of amides is 2. The average molecular weight is 409 g/mol. The van der Waals surface area contributed by atoms with Crippen LogP contribution in [-0.2, 0) is 27.2 Å². The lowest BCUT2D eigenvalue weighted by Gasteiger charge is -2.09. The van der Waals surface area contributed by atoms with E-state index in [1.807, 2.05) is 6.07 Å². The van der Waals surface area contributed by atoms with Gasteiger partial charge < -0.3 is 9.47 Å². The van der Waals surface area contributed by atoms with Gasteiger partial charge in [0, 0.05) is 9.90 Å². The van der Waals surface area contributed by atoms with Crippen molar-refractivity contribution in [3.8, 4) is 5.75 Å². The Balaban J connectivity index is 1.34. The molecule has 0 fully saturated rings. The number of esters is 1. The standard InChI is InChI=1S/C18H17ClN2O5S/c19-12-4-6-13(7-5-12)25-9-16(22)20-21-17(23)10-26-18(24)15-8-11-2-1-3-14(11)27-15/h4-8H,1-3,9-10H2,(H,20,22)(H,21,23). The van der Waals surface area contributed by atoms with Crippen molar-refractivity contribution in [1.29, 1.82) is 0 Å². The van der Waals surface area contributed by atoms with Crippen molar-refractivity contribution in [3.05, 3.63) is 50.7 Å². The van der Waals surface area contributed by atoms with Gasteiger partial charge in [-0.2, -0.15) is 0 Å². The molecule has 0 spiro atoms. The maximum absolute atomic E-state index is 12.0. The number of ether oxygens (including phenoxy) is 2. The van der Waals surface area contributed by atoms with Crippen LogP contribution in [0.5, 0.6) is 5.75 Å². The summed E-state index contributed by atoms with van der Waals surface area (Å²) >= 11 is 7.16. The van der Waals surface area contributed by atoms with Crippen molar-refractivity contribution in [2.75, 3.05) is 13.2 Å². The van der Waals surface area contributed by atoms with Gasteiger partial charge >= 0.3 is 5.97 Å². The van der Waals surface area contributed by atoms with Gasteiger partial charge in [0.1, 0.15) is 10.6 Å². The van der Waals surface area contributed by atoms with Crippen molar-refractivity contribution < 1.29 is 23.9 Å². The lowest BCUT2D eigenvalue weighted by atomic mass is 10.2. The second-order valence-electron chi connectivity index (χ2n) is 5.83. The molecule has 0 radical (unpaired) electrons. The molecular weight excluding hydrogens is 392 g/mol. The molecule has 0 bridgehead atoms. The van der Waals surface area contributed by atoms with E-state index >= 15 is 0 Å². The van der Waals surface area contributed by atoms with Crippen molar-refractivity contribution in [1.82, 2.24) is 10.9 Å². The fourth-order valence-corrected chi connectivity index (χ4v) is 3.80. The third-order valence-corrected chi connectivity index (χ3v) is 5.28. The molecular formula is C18H17ClN2O5S. The summed E-state index contributed by atoms with van der Waals surface area (Å²) in [5.41, 5.74) is 5.53. The zero-order chi connectivity index (χ0) is 19.2. The van der Waals surface area contributed by atoms with E-state index in [0.717, 1.165) is 19.3 Å². The summed E-state index contributed by atoms with van der Waals surface area (Å²) < 4.78 is 10.2. The maximum Gasteiger partial charge on any atom is 0.348 e. The normalized spacial score (nSPS) is 12.2. The van der Waals surface area contributed by atoms with Crippen LogP contribution in [-0.4, -0.2) is 31.0 Å². The molecule has 0 saturated carbocycles. The van der Waals surface area contributed by atoms with Gasteiger partial charge in [-0.05, 0) is 55.2 Å². The van der Waals surface area contributed by atoms with Gasteiger partial charge in [0.25, 0.3) is 11.8 Å². The molecule has 2 N–H and O–H groups in total. The predicted molar refractivity (Wildman–Crippen MR) is 99.9 cm³/mol. The van der Waals surface area contributed by atoms with E-state index in [0.29, 0.717) is 15.6 Å². The summed E-state index contributed by atoms with van der Waals surface area (Å²) in [4.78, 5) is 37.0. The summed E-state index contributed by atoms with van der Waals surface area (Å²) in [6, 6.07) is 8.33. The van der Waals surface area contributed by atoms with E-state index in [2.05, 4.69) is 10.9 Å². The number of benzene rings is 1. The highest BCUT2D eigenvalue weighted by molar-refractivity contribution is 7.14. The van der Waals surface area contributed by atoms with E-state index < -0.39 is 24.4 Å². The SMILES string of the molecule is O=C(COC(=O)c1cc2c(s1)CCC2)NNC(=O)COc1ccc(Cl)cc1. The van der Waals surface area contributed by atoms with Gasteiger partial charge in [0.05, 0.1) is 0 Å². The van der Waals surface area contributed by atoms with Crippen LogP contribution in [0.25, 0.3) is 0 Å². The Morgan fingerprint density at radius 1 is 1.04 bits per heavy atom. The topological polar surface area (TPSA) is 93.7 Å². The monoisotopic (exact) mass is 408 g/mol. The molecule has 0 atom stereocenters. The highest BCUT2D eigenvalue weighted by Gasteiger charge is 2.20. The lowest BCUT2D eigenvalue weighted by Crippen LogP contribution is -2.45. The van der Waals surface area contributed by atoms with Crippen LogP contribution >= 0.6 is 22.9 Å². The number of thiophene rings is 1. The molecule has 0 saturated heterocycles. The molecule has 142 valence electrons. The second-order valence-corrected chi connectivity index (χ2v) is 7.40. The van der Waals surface area contributed by atoms with Gasteiger partial charge in [-0.25, -0.2) is 4.79 Å². The van der Waals surface area contributed by atoms with Crippen LogP contribution in [0.3, 0.4) is 0 Å². The van der Waals surface area contributed by atoms with E-state index in [1.54, 1.807) is 24.3 Å². The fourth-order valence-electron chi connectivity index (χ4n) is 2.52. The number of hydrogen-bond acceptors (Lipinski definition) is 6. The van der Waals surface area contributed by atoms with E-state index in [1.165, 1.54) is 21.8 Å². The quantitative estimate of drug-likeness (QED) is 0.565. The first-order valence-electron chi connectivity index (χ1n) is 8.26. The predicted octanol–water partition coefficient (Wildman–Crippen LogP) is 2.27. The van der Waals surface area contributed by atoms with Crippen molar-refractivity contribution in [2.24, 2.45) is 0 Å². The van der Waals surface area contributed by atoms with Gasteiger partial charge in [0.2, 0.25) is 0 Å². The fraction of sp³-hybridized carbons (Fsp3) is 0.278. The third-order valence-electron chi connectivity index (χ3n) is 3.81. The van der Waals surface area contributed by atoms with E-state index in [4.69, 9.17) is 21.1 Å². The summed E-state index contributed by atoms with van der Waals surface area (Å²) in [6.45, 7) is -0.776. The van der Waals surface area contributed by atoms with Crippen LogP contribution in [0.15, 0.2) is 30.3 Å². The van der Waals surface area contributed by atoms with Crippen LogP contribution in [0.4, 0.5) is 0 Å². The van der Waals surface area contributed by atoms with Crippen molar-refractivity contribution in [3.63, 3.8) is 0 Å². The Hall–Kier alpha value is -2.58. The van der Waals surface area contributed by atoms with E-state index in [-0.39, 0.29) is 6.61 Å². The van der Waals surface area contributed by atoms with Crippen LogP contribution in [0.2, 0.25) is 5.02 Å². The summed E-state index contributed by atoms with van der Waals surface area (Å²) in [5, 5.41) is 0.556. The largest absolute Gasteiger partial charge is 0.484 e. The number of carbonyl (C=O) groups is 3. The molecule has 1 aliphatic rings. The minimum absolute atomic E-state index is 0.289. The Morgan fingerprint density at radius 2 is 1.74 bits per heavy atom. The number of hydrazine groups is 1. The molecule has 0 aliphatic heterocycles. The Labute approximate surface area is 164 Å². The minimum atomic E-state index is -0.646. The minimum Gasteiger partial charge on any atom is -0.484 e. The molecule has 9 heteroatoms. The number of fused-ring (bicyclic) bond motifs is 1. The number of hydrogen-bond donors (Lipinski definition) is 2. The van der Waals surface area contributed by atoms with Crippen LogP contribution < -0.4 is 15.6 Å². The molecule has 2 aromatic rings. The van der Waals surface area contributed by atoms with Crippen molar-refractivity contribution >= 4 is 40.7 Å². The zero-order valence-electron chi connectivity index (χ0n) is 14.2.